The number of hydrogen-bond donors (Lipinski definition) is 1. The Balaban J connectivity index is 2.42. The molecule has 5 heteroatoms. The molecule has 0 bridgehead atoms. The number of hydrogen-bond acceptors (Lipinski definition) is 4. The Morgan fingerprint density at radius 2 is 2.06 bits per heavy atom. The van der Waals surface area contributed by atoms with Crippen LogP contribution in [0.2, 0.25) is 0 Å². The summed E-state index contributed by atoms with van der Waals surface area (Å²) in [6.45, 7) is 2.85. The van der Waals surface area contributed by atoms with Crippen LogP contribution < -0.4 is 10.6 Å². The minimum absolute atomic E-state index is 0.278. The number of halogens is 1. The standard InChI is InChI=1S/C13H15FN4/c1-2-18(12-6-4-3-5-11(12)14)13-9-16-8-10(7-15)17-13/h3-6,8-9H,2,7,15H2,1H3. The highest BCUT2D eigenvalue weighted by atomic mass is 19.1. The van der Waals surface area contributed by atoms with Gasteiger partial charge in [0, 0.05) is 19.3 Å². The van der Waals surface area contributed by atoms with Gasteiger partial charge in [-0.25, -0.2) is 9.37 Å². The minimum atomic E-state index is -0.278. The van der Waals surface area contributed by atoms with E-state index >= 15 is 0 Å². The molecular weight excluding hydrogens is 231 g/mol. The summed E-state index contributed by atoms with van der Waals surface area (Å²) in [5.41, 5.74) is 6.71. The molecule has 0 aliphatic rings. The lowest BCUT2D eigenvalue weighted by Gasteiger charge is -2.22. The van der Waals surface area contributed by atoms with Crippen molar-refractivity contribution in [3.05, 3.63) is 48.2 Å². The fourth-order valence-electron chi connectivity index (χ4n) is 1.75. The molecule has 0 spiro atoms. The van der Waals surface area contributed by atoms with Crippen LogP contribution in [0.5, 0.6) is 0 Å². The second-order valence-corrected chi connectivity index (χ2v) is 3.77. The molecule has 1 aromatic carbocycles. The zero-order valence-corrected chi connectivity index (χ0v) is 10.2. The number of rotatable bonds is 4. The second-order valence-electron chi connectivity index (χ2n) is 3.77. The van der Waals surface area contributed by atoms with Crippen molar-refractivity contribution in [3.8, 4) is 0 Å². The monoisotopic (exact) mass is 246 g/mol. The maximum absolute atomic E-state index is 13.8. The van der Waals surface area contributed by atoms with Crippen molar-refractivity contribution in [1.29, 1.82) is 0 Å². The van der Waals surface area contributed by atoms with Crippen molar-refractivity contribution in [2.75, 3.05) is 11.4 Å². The Morgan fingerprint density at radius 1 is 1.28 bits per heavy atom. The van der Waals surface area contributed by atoms with E-state index in [9.17, 15) is 4.39 Å². The van der Waals surface area contributed by atoms with E-state index in [0.717, 1.165) is 0 Å². The maximum atomic E-state index is 13.8. The molecule has 2 rings (SSSR count). The largest absolute Gasteiger partial charge is 0.325 e. The van der Waals surface area contributed by atoms with Gasteiger partial charge in [0.2, 0.25) is 0 Å². The summed E-state index contributed by atoms with van der Waals surface area (Å²) in [6, 6.07) is 6.60. The highest BCUT2D eigenvalue weighted by Gasteiger charge is 2.13. The summed E-state index contributed by atoms with van der Waals surface area (Å²) in [6.07, 6.45) is 3.22. The first-order valence-electron chi connectivity index (χ1n) is 5.79. The van der Waals surface area contributed by atoms with Gasteiger partial charge in [-0.1, -0.05) is 12.1 Å². The van der Waals surface area contributed by atoms with Gasteiger partial charge in [-0.3, -0.25) is 4.98 Å². The van der Waals surface area contributed by atoms with Crippen LogP contribution in [0.25, 0.3) is 0 Å². The first kappa shape index (κ1) is 12.4. The summed E-state index contributed by atoms with van der Waals surface area (Å²) < 4.78 is 13.8. The van der Waals surface area contributed by atoms with Crippen LogP contribution in [0.4, 0.5) is 15.9 Å². The first-order chi connectivity index (χ1) is 8.76. The average Bonchev–Trinajstić information content (AvgIpc) is 2.42. The second kappa shape index (κ2) is 5.55. The lowest BCUT2D eigenvalue weighted by Crippen LogP contribution is -2.19. The quantitative estimate of drug-likeness (QED) is 0.898. The van der Waals surface area contributed by atoms with Gasteiger partial charge < -0.3 is 10.6 Å². The molecule has 4 nitrogen and oxygen atoms in total. The van der Waals surface area contributed by atoms with E-state index in [1.165, 1.54) is 6.07 Å². The number of aromatic nitrogens is 2. The molecule has 0 saturated heterocycles. The van der Waals surface area contributed by atoms with Crippen LogP contribution in [-0.2, 0) is 6.54 Å². The third kappa shape index (κ3) is 2.46. The summed E-state index contributed by atoms with van der Waals surface area (Å²) in [5, 5.41) is 0. The zero-order valence-electron chi connectivity index (χ0n) is 10.2. The molecule has 0 radical (unpaired) electrons. The van der Waals surface area contributed by atoms with Gasteiger partial charge >= 0.3 is 0 Å². The fourth-order valence-corrected chi connectivity index (χ4v) is 1.75. The summed E-state index contributed by atoms with van der Waals surface area (Å²) in [5.74, 6) is 0.324. The van der Waals surface area contributed by atoms with Crippen molar-refractivity contribution >= 4 is 11.5 Å². The van der Waals surface area contributed by atoms with Crippen LogP contribution >= 0.6 is 0 Å². The first-order valence-corrected chi connectivity index (χ1v) is 5.79. The minimum Gasteiger partial charge on any atom is -0.325 e. The predicted molar refractivity (Wildman–Crippen MR) is 69.0 cm³/mol. The van der Waals surface area contributed by atoms with E-state index in [-0.39, 0.29) is 5.82 Å². The maximum Gasteiger partial charge on any atom is 0.151 e. The highest BCUT2D eigenvalue weighted by molar-refractivity contribution is 5.59. The van der Waals surface area contributed by atoms with Gasteiger partial charge in [0.15, 0.2) is 5.82 Å². The van der Waals surface area contributed by atoms with Gasteiger partial charge in [0.1, 0.15) is 5.82 Å². The Bertz CT molecular complexity index is 530. The van der Waals surface area contributed by atoms with E-state index in [0.29, 0.717) is 30.3 Å². The van der Waals surface area contributed by atoms with Gasteiger partial charge in [-0.2, -0.15) is 0 Å². The number of nitrogens with two attached hydrogens (primary N) is 1. The zero-order chi connectivity index (χ0) is 13.0. The molecule has 1 heterocycles. The van der Waals surface area contributed by atoms with E-state index in [4.69, 9.17) is 5.73 Å². The van der Waals surface area contributed by atoms with Crippen LogP contribution in [0.3, 0.4) is 0 Å². The average molecular weight is 246 g/mol. The van der Waals surface area contributed by atoms with Crippen molar-refractivity contribution in [2.24, 2.45) is 5.73 Å². The van der Waals surface area contributed by atoms with E-state index in [2.05, 4.69) is 9.97 Å². The molecule has 0 saturated carbocycles. The molecule has 0 fully saturated rings. The molecule has 0 aliphatic carbocycles. The number of anilines is 2. The summed E-state index contributed by atoms with van der Waals surface area (Å²) in [7, 11) is 0. The third-order valence-electron chi connectivity index (χ3n) is 2.62. The number of nitrogens with zero attached hydrogens (tertiary/aromatic N) is 3. The van der Waals surface area contributed by atoms with Crippen molar-refractivity contribution < 1.29 is 4.39 Å². The van der Waals surface area contributed by atoms with Gasteiger partial charge in [-0.15, -0.1) is 0 Å². The Morgan fingerprint density at radius 3 is 2.72 bits per heavy atom. The Labute approximate surface area is 105 Å². The molecular formula is C13H15FN4. The van der Waals surface area contributed by atoms with Gasteiger partial charge in [0.05, 0.1) is 17.6 Å². The molecule has 2 aromatic rings. The summed E-state index contributed by atoms with van der Waals surface area (Å²) >= 11 is 0. The van der Waals surface area contributed by atoms with E-state index in [1.807, 2.05) is 6.92 Å². The third-order valence-corrected chi connectivity index (χ3v) is 2.62. The fraction of sp³-hybridized carbons (Fsp3) is 0.231. The molecule has 0 unspecified atom stereocenters. The Hall–Kier alpha value is -2.01. The molecule has 0 atom stereocenters. The molecule has 1 aromatic heterocycles. The summed E-state index contributed by atoms with van der Waals surface area (Å²) in [4.78, 5) is 10.2. The number of para-hydroxylation sites is 1. The van der Waals surface area contributed by atoms with Gasteiger partial charge in [-0.05, 0) is 19.1 Å². The SMILES string of the molecule is CCN(c1cncc(CN)n1)c1ccccc1F. The van der Waals surface area contributed by atoms with Crippen LogP contribution in [0.1, 0.15) is 12.6 Å². The highest BCUT2D eigenvalue weighted by Crippen LogP contribution is 2.25. The van der Waals surface area contributed by atoms with Crippen molar-refractivity contribution in [3.63, 3.8) is 0 Å². The van der Waals surface area contributed by atoms with Gasteiger partial charge in [0.25, 0.3) is 0 Å². The molecule has 0 aliphatic heterocycles. The topological polar surface area (TPSA) is 55.0 Å². The van der Waals surface area contributed by atoms with E-state index < -0.39 is 0 Å². The normalized spacial score (nSPS) is 10.4. The Kier molecular flexibility index (Phi) is 3.84. The van der Waals surface area contributed by atoms with Crippen LogP contribution in [0.15, 0.2) is 36.7 Å². The lowest BCUT2D eigenvalue weighted by molar-refractivity contribution is 0.625. The molecule has 18 heavy (non-hydrogen) atoms. The van der Waals surface area contributed by atoms with Crippen LogP contribution in [0, 0.1) is 5.82 Å². The molecule has 2 N–H and O–H groups in total. The number of benzene rings is 1. The van der Waals surface area contributed by atoms with Crippen LogP contribution in [-0.4, -0.2) is 16.5 Å². The molecule has 94 valence electrons. The van der Waals surface area contributed by atoms with Crippen molar-refractivity contribution in [1.82, 2.24) is 9.97 Å². The smallest absolute Gasteiger partial charge is 0.151 e. The van der Waals surface area contributed by atoms with E-state index in [1.54, 1.807) is 35.5 Å². The predicted octanol–water partition coefficient (Wildman–Crippen LogP) is 2.23. The van der Waals surface area contributed by atoms with Crippen molar-refractivity contribution in [2.45, 2.75) is 13.5 Å². The molecule has 0 amide bonds. The lowest BCUT2D eigenvalue weighted by atomic mass is 10.2.